The summed E-state index contributed by atoms with van der Waals surface area (Å²) in [6, 6.07) is 1.46. The first-order valence-corrected chi connectivity index (χ1v) is 5.40. The van der Waals surface area contributed by atoms with Crippen molar-refractivity contribution in [2.24, 2.45) is 0 Å². The monoisotopic (exact) mass is 318 g/mol. The minimum Gasteiger partial charge on any atom is -0.403 e. The van der Waals surface area contributed by atoms with Crippen LogP contribution in [-0.2, 0) is 18.5 Å². The summed E-state index contributed by atoms with van der Waals surface area (Å²) in [5.74, 6) is -1.94. The quantitative estimate of drug-likeness (QED) is 0.629. The predicted molar refractivity (Wildman–Crippen MR) is 54.8 cm³/mol. The zero-order valence-electron chi connectivity index (χ0n) is 9.44. The summed E-state index contributed by atoms with van der Waals surface area (Å²) < 4.78 is 78.1. The molecule has 10 heteroatoms. The van der Waals surface area contributed by atoms with Gasteiger partial charge in [0.15, 0.2) is 11.4 Å². The van der Waals surface area contributed by atoms with Crippen molar-refractivity contribution in [1.82, 2.24) is 4.98 Å². The molecule has 0 N–H and O–H groups in total. The zero-order valence-corrected chi connectivity index (χ0v) is 10.2. The minimum atomic E-state index is -5.35. The fourth-order valence-electron chi connectivity index (χ4n) is 1.38. The minimum absolute atomic E-state index is 0.138. The van der Waals surface area contributed by atoms with E-state index < -0.39 is 41.8 Å². The summed E-state index contributed by atoms with van der Waals surface area (Å²) in [4.78, 5) is 2.90. The summed E-state index contributed by atoms with van der Waals surface area (Å²) in [7, 11) is 0. The first kappa shape index (κ1) is 16.4. The average molecular weight is 319 g/mol. The molecule has 0 fully saturated rings. The Hall–Kier alpha value is -1.69. The molecule has 1 aromatic heterocycles. The molecular weight excluding hydrogens is 314 g/mol. The van der Waals surface area contributed by atoms with E-state index in [1.165, 1.54) is 6.07 Å². The van der Waals surface area contributed by atoms with Crippen LogP contribution in [-0.4, -0.2) is 11.3 Å². The third kappa shape index (κ3) is 3.90. The maximum absolute atomic E-state index is 12.7. The number of rotatable bonds is 3. The molecule has 0 radical (unpaired) electrons. The van der Waals surface area contributed by atoms with Crippen LogP contribution in [0.1, 0.15) is 16.8 Å². The van der Waals surface area contributed by atoms with Gasteiger partial charge in [0.1, 0.15) is 0 Å². The second-order valence-corrected chi connectivity index (χ2v) is 3.72. The van der Waals surface area contributed by atoms with Crippen LogP contribution in [0.3, 0.4) is 0 Å². The van der Waals surface area contributed by atoms with E-state index in [0.717, 1.165) is 0 Å². The molecule has 0 aliphatic heterocycles. The lowest BCUT2D eigenvalue weighted by Crippen LogP contribution is -2.23. The van der Waals surface area contributed by atoms with Crippen molar-refractivity contribution in [3.05, 3.63) is 23.0 Å². The Morgan fingerprint density at radius 3 is 2.25 bits per heavy atom. The fraction of sp³-hybridized carbons (Fsp3) is 0.400. The van der Waals surface area contributed by atoms with E-state index in [0.29, 0.717) is 6.20 Å². The second-order valence-electron chi connectivity index (χ2n) is 3.45. The van der Waals surface area contributed by atoms with Crippen LogP contribution in [0.5, 0.6) is 5.75 Å². The van der Waals surface area contributed by atoms with E-state index in [-0.39, 0.29) is 5.56 Å². The van der Waals surface area contributed by atoms with Gasteiger partial charge in [0.05, 0.1) is 12.5 Å². The number of halogens is 7. The van der Waals surface area contributed by atoms with Crippen molar-refractivity contribution >= 4 is 11.6 Å². The van der Waals surface area contributed by atoms with Crippen molar-refractivity contribution in [1.29, 1.82) is 5.26 Å². The Balaban J connectivity index is 3.55. The fourth-order valence-corrected chi connectivity index (χ4v) is 1.61. The largest absolute Gasteiger partial charge is 0.573 e. The van der Waals surface area contributed by atoms with Gasteiger partial charge in [0.2, 0.25) is 0 Å². The van der Waals surface area contributed by atoms with Crippen molar-refractivity contribution in [2.45, 2.75) is 24.8 Å². The molecule has 0 bridgehead atoms. The van der Waals surface area contributed by atoms with E-state index in [9.17, 15) is 26.3 Å². The molecule has 0 unspecified atom stereocenters. The molecule has 110 valence electrons. The van der Waals surface area contributed by atoms with Gasteiger partial charge in [0, 0.05) is 17.6 Å². The molecule has 0 spiro atoms. The Labute approximate surface area is 113 Å². The van der Waals surface area contributed by atoms with Gasteiger partial charge in [-0.05, 0) is 5.56 Å². The van der Waals surface area contributed by atoms with Crippen molar-refractivity contribution < 1.29 is 31.1 Å². The van der Waals surface area contributed by atoms with E-state index in [4.69, 9.17) is 16.9 Å². The Kier molecular flexibility index (Phi) is 4.70. The standard InChI is InChI=1S/C10H5ClF6N2O/c11-3-5-4-19-8(9(12,13)14)7(6(5)1-2-18)20-10(15,16)17/h4H,1,3H2. The molecule has 1 aromatic rings. The molecule has 0 aliphatic carbocycles. The number of ether oxygens (including phenoxy) is 1. The number of pyridine rings is 1. The van der Waals surface area contributed by atoms with Gasteiger partial charge in [-0.15, -0.1) is 24.8 Å². The highest BCUT2D eigenvalue weighted by Crippen LogP contribution is 2.40. The lowest BCUT2D eigenvalue weighted by atomic mass is 10.1. The number of nitriles is 1. The van der Waals surface area contributed by atoms with Gasteiger partial charge in [-0.3, -0.25) is 0 Å². The first-order chi connectivity index (χ1) is 9.10. The van der Waals surface area contributed by atoms with E-state index in [1.807, 2.05) is 0 Å². The van der Waals surface area contributed by atoms with Gasteiger partial charge in [-0.2, -0.15) is 18.4 Å². The highest BCUT2D eigenvalue weighted by atomic mass is 35.5. The van der Waals surface area contributed by atoms with Crippen LogP contribution in [0.4, 0.5) is 26.3 Å². The smallest absolute Gasteiger partial charge is 0.403 e. The third-order valence-electron chi connectivity index (χ3n) is 2.11. The van der Waals surface area contributed by atoms with Gasteiger partial charge in [0.25, 0.3) is 0 Å². The van der Waals surface area contributed by atoms with Crippen LogP contribution in [0, 0.1) is 11.3 Å². The van der Waals surface area contributed by atoms with E-state index >= 15 is 0 Å². The van der Waals surface area contributed by atoms with Crippen LogP contribution in [0.2, 0.25) is 0 Å². The maximum atomic E-state index is 12.7. The van der Waals surface area contributed by atoms with Crippen molar-refractivity contribution in [2.75, 3.05) is 0 Å². The van der Waals surface area contributed by atoms with Gasteiger partial charge >= 0.3 is 12.5 Å². The first-order valence-electron chi connectivity index (χ1n) is 4.86. The molecular formula is C10H5ClF6N2O. The molecule has 3 nitrogen and oxygen atoms in total. The lowest BCUT2D eigenvalue weighted by molar-refractivity contribution is -0.276. The zero-order chi connectivity index (χ0) is 15.6. The van der Waals surface area contributed by atoms with Gasteiger partial charge in [-0.1, -0.05) is 0 Å². The number of hydrogen-bond donors (Lipinski definition) is 0. The summed E-state index contributed by atoms with van der Waals surface area (Å²) in [6.07, 6.45) is -10.6. The van der Waals surface area contributed by atoms with Crippen LogP contribution in [0.15, 0.2) is 6.20 Å². The summed E-state index contributed by atoms with van der Waals surface area (Å²) in [6.45, 7) is 0. The molecule has 20 heavy (non-hydrogen) atoms. The summed E-state index contributed by atoms with van der Waals surface area (Å²) in [5.41, 5.74) is -2.57. The molecule has 0 amide bonds. The third-order valence-corrected chi connectivity index (χ3v) is 2.40. The predicted octanol–water partition coefficient (Wildman–Crippen LogP) is 3.80. The van der Waals surface area contributed by atoms with Gasteiger partial charge in [-0.25, -0.2) is 4.98 Å². The maximum Gasteiger partial charge on any atom is 0.573 e. The summed E-state index contributed by atoms with van der Waals surface area (Å²) in [5, 5.41) is 8.52. The number of alkyl halides is 7. The summed E-state index contributed by atoms with van der Waals surface area (Å²) >= 11 is 5.41. The van der Waals surface area contributed by atoms with Crippen molar-refractivity contribution in [3.63, 3.8) is 0 Å². The topological polar surface area (TPSA) is 45.9 Å². The second kappa shape index (κ2) is 5.75. The molecule has 1 rings (SSSR count). The average Bonchev–Trinajstić information content (AvgIpc) is 2.27. The van der Waals surface area contributed by atoms with Crippen LogP contribution in [0.25, 0.3) is 0 Å². The Morgan fingerprint density at radius 1 is 1.25 bits per heavy atom. The Morgan fingerprint density at radius 2 is 1.85 bits per heavy atom. The SMILES string of the molecule is N#CCc1c(CCl)cnc(C(F)(F)F)c1OC(F)(F)F. The Bertz CT molecular complexity index is 534. The number of aromatic nitrogens is 1. The normalized spacial score (nSPS) is 12.1. The molecule has 0 atom stereocenters. The lowest BCUT2D eigenvalue weighted by Gasteiger charge is -2.18. The van der Waals surface area contributed by atoms with Crippen LogP contribution < -0.4 is 4.74 Å². The molecule has 1 heterocycles. The molecule has 0 aromatic carbocycles. The van der Waals surface area contributed by atoms with E-state index in [2.05, 4.69) is 9.72 Å². The van der Waals surface area contributed by atoms with Crippen molar-refractivity contribution in [3.8, 4) is 11.8 Å². The number of hydrogen-bond acceptors (Lipinski definition) is 3. The highest BCUT2D eigenvalue weighted by molar-refractivity contribution is 6.17. The number of nitrogens with zero attached hydrogens (tertiary/aromatic N) is 2. The molecule has 0 aliphatic rings. The molecule has 0 saturated heterocycles. The highest BCUT2D eigenvalue weighted by Gasteiger charge is 2.42. The van der Waals surface area contributed by atoms with Gasteiger partial charge < -0.3 is 4.74 Å². The van der Waals surface area contributed by atoms with Crippen LogP contribution >= 0.6 is 11.6 Å². The van der Waals surface area contributed by atoms with E-state index in [1.54, 1.807) is 0 Å². The molecule has 0 saturated carbocycles.